The Kier molecular flexibility index (Phi) is 6.51. The molecular weight excluding hydrogens is 390 g/mol. The molecule has 1 heterocycles. The van der Waals surface area contributed by atoms with Gasteiger partial charge in [0.25, 0.3) is 5.91 Å². The van der Waals surface area contributed by atoms with Crippen molar-refractivity contribution < 1.29 is 28.3 Å². The summed E-state index contributed by atoms with van der Waals surface area (Å²) in [5, 5.41) is 6.86. The Morgan fingerprint density at radius 2 is 1.97 bits per heavy atom. The normalized spacial score (nSPS) is 14.0. The van der Waals surface area contributed by atoms with E-state index in [1.807, 2.05) is 0 Å². The zero-order valence-corrected chi connectivity index (χ0v) is 17.0. The number of anilines is 1. The molecule has 0 bridgehead atoms. The van der Waals surface area contributed by atoms with Crippen molar-refractivity contribution in [2.45, 2.75) is 33.1 Å². The number of amides is 2. The number of hydrazone groups is 1. The van der Waals surface area contributed by atoms with E-state index in [1.54, 1.807) is 38.1 Å². The van der Waals surface area contributed by atoms with Crippen LogP contribution in [-0.4, -0.2) is 37.4 Å². The van der Waals surface area contributed by atoms with E-state index < -0.39 is 18.0 Å². The maximum Gasteiger partial charge on any atom is 0.427 e. The number of furan rings is 1. The molecule has 3 rings (SSSR count). The molecule has 0 radical (unpaired) electrons. The second kappa shape index (κ2) is 9.25. The lowest BCUT2D eigenvalue weighted by Crippen LogP contribution is -2.22. The Morgan fingerprint density at radius 1 is 1.20 bits per heavy atom. The zero-order chi connectivity index (χ0) is 21.7. The molecule has 1 aliphatic rings. The summed E-state index contributed by atoms with van der Waals surface area (Å²) in [5.74, 6) is -0.281. The molecule has 0 saturated heterocycles. The topological polar surface area (TPSA) is 119 Å². The van der Waals surface area contributed by atoms with E-state index in [4.69, 9.17) is 13.9 Å². The van der Waals surface area contributed by atoms with Crippen LogP contribution in [0.4, 0.5) is 10.5 Å². The number of rotatable bonds is 5. The average molecular weight is 413 g/mol. The van der Waals surface area contributed by atoms with Crippen molar-refractivity contribution in [3.63, 3.8) is 0 Å². The summed E-state index contributed by atoms with van der Waals surface area (Å²) in [4.78, 5) is 36.4. The summed E-state index contributed by atoms with van der Waals surface area (Å²) < 4.78 is 15.4. The van der Waals surface area contributed by atoms with Gasteiger partial charge in [-0.15, -0.1) is 0 Å². The van der Waals surface area contributed by atoms with E-state index in [1.165, 1.54) is 7.11 Å². The molecule has 1 aromatic heterocycles. The van der Waals surface area contributed by atoms with Gasteiger partial charge in [0.05, 0.1) is 30.7 Å². The smallest absolute Gasteiger partial charge is 0.427 e. The van der Waals surface area contributed by atoms with Gasteiger partial charge in [-0.2, -0.15) is 5.10 Å². The highest BCUT2D eigenvalue weighted by Crippen LogP contribution is 2.30. The largest absolute Gasteiger partial charge is 0.465 e. The zero-order valence-electron chi connectivity index (χ0n) is 17.0. The van der Waals surface area contributed by atoms with Crippen molar-refractivity contribution in [2.75, 3.05) is 19.0 Å². The van der Waals surface area contributed by atoms with Gasteiger partial charge in [0, 0.05) is 17.5 Å². The number of para-hydroxylation sites is 1. The number of nitrogens with zero attached hydrogens (tertiary/aromatic N) is 1. The van der Waals surface area contributed by atoms with Gasteiger partial charge < -0.3 is 19.2 Å². The Labute approximate surface area is 173 Å². The van der Waals surface area contributed by atoms with E-state index >= 15 is 0 Å². The highest BCUT2D eigenvalue weighted by atomic mass is 16.5. The summed E-state index contributed by atoms with van der Waals surface area (Å²) in [6.07, 6.45) is 1.41. The van der Waals surface area contributed by atoms with Crippen molar-refractivity contribution in [1.82, 2.24) is 5.43 Å². The molecule has 0 spiro atoms. The van der Waals surface area contributed by atoms with Crippen LogP contribution in [0.25, 0.3) is 0 Å². The summed E-state index contributed by atoms with van der Waals surface area (Å²) in [5.41, 5.74) is 4.87. The van der Waals surface area contributed by atoms with Gasteiger partial charge >= 0.3 is 12.1 Å². The van der Waals surface area contributed by atoms with Crippen LogP contribution in [0.1, 0.15) is 57.6 Å². The predicted octanol–water partition coefficient (Wildman–Crippen LogP) is 3.41. The van der Waals surface area contributed by atoms with Crippen molar-refractivity contribution in [3.05, 3.63) is 52.5 Å². The fraction of sp³-hybridized carbons (Fsp3) is 0.333. The molecule has 9 nitrogen and oxygen atoms in total. The first-order chi connectivity index (χ1) is 14.5. The third-order valence-corrected chi connectivity index (χ3v) is 4.67. The van der Waals surface area contributed by atoms with Crippen molar-refractivity contribution >= 4 is 29.4 Å². The monoisotopic (exact) mass is 413 g/mol. The number of hydrogen-bond donors (Lipinski definition) is 2. The minimum Gasteiger partial charge on any atom is -0.465 e. The summed E-state index contributed by atoms with van der Waals surface area (Å²) >= 11 is 0. The Morgan fingerprint density at radius 3 is 2.70 bits per heavy atom. The number of ether oxygens (including phenoxy) is 2. The number of carbonyl (C=O) groups is 3. The van der Waals surface area contributed by atoms with Crippen LogP contribution in [0.15, 0.2) is 33.8 Å². The van der Waals surface area contributed by atoms with Gasteiger partial charge in [-0.1, -0.05) is 12.1 Å². The Hall–Kier alpha value is -3.62. The quantitative estimate of drug-likeness (QED) is 0.573. The van der Waals surface area contributed by atoms with Crippen LogP contribution in [-0.2, 0) is 15.9 Å². The van der Waals surface area contributed by atoms with Crippen molar-refractivity contribution in [1.29, 1.82) is 0 Å². The highest BCUT2D eigenvalue weighted by molar-refractivity contribution is 6.10. The molecule has 2 aromatic rings. The molecule has 1 aromatic carbocycles. The van der Waals surface area contributed by atoms with E-state index in [0.29, 0.717) is 41.1 Å². The lowest BCUT2D eigenvalue weighted by molar-refractivity contribution is 0.0602. The number of carbonyl (C=O) groups excluding carboxylic acids is 3. The summed E-state index contributed by atoms with van der Waals surface area (Å²) in [7, 11) is 1.27. The Balaban J connectivity index is 1.87. The molecule has 2 N–H and O–H groups in total. The number of methoxy groups -OCH3 is 1. The number of benzene rings is 1. The summed E-state index contributed by atoms with van der Waals surface area (Å²) in [6.45, 7) is 3.70. The van der Waals surface area contributed by atoms with E-state index in [0.717, 1.165) is 6.42 Å². The van der Waals surface area contributed by atoms with E-state index in [9.17, 15) is 14.4 Å². The maximum absolute atomic E-state index is 12.9. The lowest BCUT2D eigenvalue weighted by atomic mass is 9.93. The molecule has 2 amide bonds. The molecule has 0 atom stereocenters. The lowest BCUT2D eigenvalue weighted by Gasteiger charge is -2.13. The number of fused-ring (bicyclic) bond motifs is 1. The van der Waals surface area contributed by atoms with Crippen LogP contribution in [0.2, 0.25) is 0 Å². The van der Waals surface area contributed by atoms with Gasteiger partial charge in [-0.3, -0.25) is 4.79 Å². The first kappa shape index (κ1) is 21.1. The standard InChI is InChI=1S/C21H23N3O6/c1-4-29-21(27)24-23-15-10-7-11-16-17(15)12(2)18(30-16)19(25)22-14-9-6-5-8-13(14)20(26)28-3/h5-6,8-9H,4,7,10-11H2,1-3H3,(H,22,25)(H,24,27)/b23-15+. The van der Waals surface area contributed by atoms with Crippen LogP contribution in [0.5, 0.6) is 0 Å². The number of esters is 1. The molecule has 0 saturated carbocycles. The fourth-order valence-corrected chi connectivity index (χ4v) is 3.33. The van der Waals surface area contributed by atoms with Crippen LogP contribution in [0, 0.1) is 6.92 Å². The van der Waals surface area contributed by atoms with Gasteiger partial charge in [0.2, 0.25) is 0 Å². The second-order valence-electron chi connectivity index (χ2n) is 6.59. The molecule has 0 fully saturated rings. The third-order valence-electron chi connectivity index (χ3n) is 4.67. The van der Waals surface area contributed by atoms with Crippen LogP contribution < -0.4 is 10.7 Å². The number of nitrogens with one attached hydrogen (secondary N) is 2. The molecule has 0 unspecified atom stereocenters. The van der Waals surface area contributed by atoms with Crippen LogP contribution in [0.3, 0.4) is 0 Å². The fourth-order valence-electron chi connectivity index (χ4n) is 3.33. The predicted molar refractivity (Wildman–Crippen MR) is 109 cm³/mol. The van der Waals surface area contributed by atoms with Gasteiger partial charge in [-0.05, 0) is 38.8 Å². The van der Waals surface area contributed by atoms with Gasteiger partial charge in [-0.25, -0.2) is 15.0 Å². The minimum atomic E-state index is -0.643. The van der Waals surface area contributed by atoms with Crippen molar-refractivity contribution in [3.8, 4) is 0 Å². The molecule has 30 heavy (non-hydrogen) atoms. The first-order valence-corrected chi connectivity index (χ1v) is 9.56. The number of aryl methyl sites for hydroxylation is 1. The molecule has 158 valence electrons. The van der Waals surface area contributed by atoms with E-state index in [-0.39, 0.29) is 17.9 Å². The number of hydrogen-bond acceptors (Lipinski definition) is 7. The molecule has 9 heteroatoms. The first-order valence-electron chi connectivity index (χ1n) is 9.56. The molecular formula is C21H23N3O6. The van der Waals surface area contributed by atoms with Gasteiger partial charge in [0.15, 0.2) is 5.76 Å². The molecule has 1 aliphatic carbocycles. The highest BCUT2D eigenvalue weighted by Gasteiger charge is 2.28. The summed E-state index contributed by atoms with van der Waals surface area (Å²) in [6, 6.07) is 6.55. The maximum atomic E-state index is 12.9. The van der Waals surface area contributed by atoms with Gasteiger partial charge in [0.1, 0.15) is 5.76 Å². The van der Waals surface area contributed by atoms with E-state index in [2.05, 4.69) is 15.8 Å². The minimum absolute atomic E-state index is 0.130. The second-order valence-corrected chi connectivity index (χ2v) is 6.59. The SMILES string of the molecule is CCOC(=O)N/N=C1\CCCc2oc(C(=O)Nc3ccccc3C(=O)OC)c(C)c21. The van der Waals surface area contributed by atoms with Crippen molar-refractivity contribution in [2.24, 2.45) is 5.10 Å². The third kappa shape index (κ3) is 4.35. The Bertz CT molecular complexity index is 1010. The van der Waals surface area contributed by atoms with Crippen LogP contribution >= 0.6 is 0 Å². The molecule has 0 aliphatic heterocycles. The average Bonchev–Trinajstić information content (AvgIpc) is 3.09.